The van der Waals surface area contributed by atoms with E-state index >= 15 is 0 Å². The number of esters is 1. The first-order chi connectivity index (χ1) is 22.9. The minimum atomic E-state index is -1.49. The predicted octanol–water partition coefficient (Wildman–Crippen LogP) is 2.89. The zero-order valence-electron chi connectivity index (χ0n) is 31.0. The fourth-order valence-electron chi connectivity index (χ4n) is 6.48. The summed E-state index contributed by atoms with van der Waals surface area (Å²) in [6.45, 7) is 15.2. The lowest BCUT2D eigenvalue weighted by atomic mass is 9.88. The van der Waals surface area contributed by atoms with Crippen LogP contribution in [0.25, 0.3) is 0 Å². The second kappa shape index (κ2) is 18.3. The molecule has 4 N–H and O–H groups in total. The van der Waals surface area contributed by atoms with Crippen LogP contribution in [0.4, 0.5) is 4.79 Å². The van der Waals surface area contributed by atoms with Crippen molar-refractivity contribution in [2.24, 2.45) is 11.8 Å². The first-order valence-corrected chi connectivity index (χ1v) is 17.9. The molecule has 0 saturated carbocycles. The van der Waals surface area contributed by atoms with Crippen LogP contribution in [0.5, 0.6) is 0 Å². The summed E-state index contributed by atoms with van der Waals surface area (Å²) in [5.74, 6) is -0.953. The molecule has 3 rings (SSSR count). The van der Waals surface area contributed by atoms with Gasteiger partial charge in [-0.3, -0.25) is 9.69 Å². The topological polar surface area (TPSA) is 156 Å². The van der Waals surface area contributed by atoms with E-state index in [2.05, 4.69) is 9.80 Å². The Bertz CT molecular complexity index is 1160. The van der Waals surface area contributed by atoms with Crippen LogP contribution in [0.15, 0.2) is 36.0 Å². The molecule has 2 saturated heterocycles. The van der Waals surface area contributed by atoms with Crippen LogP contribution in [0.3, 0.4) is 0 Å². The number of allylic oxidation sites excluding steroid dienone is 2. The maximum atomic E-state index is 13.3. The number of carbonyl (C=O) groups is 2. The van der Waals surface area contributed by atoms with E-state index in [1.165, 1.54) is 0 Å². The molecular formula is C37H63N3O9. The highest BCUT2D eigenvalue weighted by atomic mass is 16.6. The Labute approximate surface area is 293 Å². The maximum absolute atomic E-state index is 13.3. The van der Waals surface area contributed by atoms with Crippen molar-refractivity contribution in [1.29, 1.82) is 0 Å². The van der Waals surface area contributed by atoms with Crippen LogP contribution in [0.2, 0.25) is 0 Å². The van der Waals surface area contributed by atoms with Gasteiger partial charge in [-0.15, -0.1) is 0 Å². The summed E-state index contributed by atoms with van der Waals surface area (Å²) < 4.78 is 17.5. The summed E-state index contributed by atoms with van der Waals surface area (Å²) in [6, 6.07) is 0. The lowest BCUT2D eigenvalue weighted by Crippen LogP contribution is -2.52. The number of hydrogen-bond acceptors (Lipinski definition) is 11. The zero-order valence-corrected chi connectivity index (χ0v) is 31.0. The minimum Gasteiger partial charge on any atom is -0.457 e. The first-order valence-electron chi connectivity index (χ1n) is 17.9. The molecule has 1 amide bonds. The number of carbonyl (C=O) groups excluding carboxylic acids is 2. The van der Waals surface area contributed by atoms with Crippen LogP contribution < -0.4 is 0 Å². The minimum absolute atomic E-state index is 0.0126. The summed E-state index contributed by atoms with van der Waals surface area (Å²) in [5.41, 5.74) is -1.95. The van der Waals surface area contributed by atoms with Gasteiger partial charge in [-0.05, 0) is 65.8 Å². The van der Waals surface area contributed by atoms with E-state index in [4.69, 9.17) is 14.2 Å². The molecule has 10 atom stereocenters. The SMILES string of the molecule is CCC(O)C(C)C1OC1CC(C)(O)/C=C/C=C(\C)C1OC(=O)CC(O)CCC(C)(O)C(OC(=O)N2CCN(CCN(C)C)CC2)/C=C\C1C. The van der Waals surface area contributed by atoms with Crippen molar-refractivity contribution in [3.8, 4) is 0 Å². The van der Waals surface area contributed by atoms with Gasteiger partial charge in [-0.2, -0.15) is 0 Å². The third kappa shape index (κ3) is 13.1. The number of piperazine rings is 1. The number of rotatable bonds is 12. The molecule has 3 heterocycles. The molecule has 12 nitrogen and oxygen atoms in total. The number of likely N-dealkylation sites (N-methyl/N-ethyl adjacent to an activating group) is 1. The Kier molecular flexibility index (Phi) is 15.3. The monoisotopic (exact) mass is 693 g/mol. The number of amides is 1. The summed E-state index contributed by atoms with van der Waals surface area (Å²) in [5, 5.41) is 43.3. The van der Waals surface area contributed by atoms with Gasteiger partial charge in [-0.1, -0.05) is 45.1 Å². The van der Waals surface area contributed by atoms with Gasteiger partial charge < -0.3 is 44.4 Å². The Morgan fingerprint density at radius 1 is 1.24 bits per heavy atom. The van der Waals surface area contributed by atoms with Crippen molar-refractivity contribution >= 4 is 12.1 Å². The van der Waals surface area contributed by atoms with E-state index in [1.807, 2.05) is 41.8 Å². The van der Waals surface area contributed by atoms with Gasteiger partial charge in [0.15, 0.2) is 6.10 Å². The molecule has 0 radical (unpaired) electrons. The third-order valence-electron chi connectivity index (χ3n) is 10.1. The molecule has 0 spiro atoms. The Balaban J connectivity index is 1.71. The number of ether oxygens (including phenoxy) is 3. The number of aliphatic hydroxyl groups excluding tert-OH is 2. The molecule has 0 aromatic heterocycles. The molecule has 0 aromatic carbocycles. The fraction of sp³-hybridized carbons (Fsp3) is 0.784. The average Bonchev–Trinajstić information content (AvgIpc) is 3.80. The van der Waals surface area contributed by atoms with Crippen LogP contribution in [-0.4, -0.2) is 148 Å². The van der Waals surface area contributed by atoms with E-state index < -0.39 is 47.7 Å². The molecular weight excluding hydrogens is 630 g/mol. The quantitative estimate of drug-likeness (QED) is 0.103. The predicted molar refractivity (Wildman–Crippen MR) is 188 cm³/mol. The van der Waals surface area contributed by atoms with E-state index in [-0.39, 0.29) is 43.3 Å². The van der Waals surface area contributed by atoms with Crippen molar-refractivity contribution in [2.75, 3.05) is 53.4 Å². The van der Waals surface area contributed by atoms with Gasteiger partial charge in [0.25, 0.3) is 0 Å². The van der Waals surface area contributed by atoms with Crippen LogP contribution in [0, 0.1) is 11.8 Å². The lowest BCUT2D eigenvalue weighted by Gasteiger charge is -2.37. The first kappa shape index (κ1) is 41.1. The largest absolute Gasteiger partial charge is 0.457 e. The molecule has 10 unspecified atom stereocenters. The number of nitrogens with zero attached hydrogens (tertiary/aromatic N) is 3. The van der Waals surface area contributed by atoms with Crippen molar-refractivity contribution in [2.45, 2.75) is 121 Å². The molecule has 3 aliphatic rings. The standard InChI is InChI=1S/C37H63N3O9/c1-9-29(42)27(4)34-30(47-34)24-36(5,45)15-10-11-25(2)33-26(3)12-13-31(37(6,46)16-14-28(41)23-32(43)49-33)48-35(44)40-21-19-39(20-22-40)18-17-38(7)8/h10-13,15,26-31,33-34,41-42,45-46H,9,14,16-24H2,1-8H3/b13-12-,15-10+,25-11+. The number of hydrogen-bond donors (Lipinski definition) is 4. The molecule has 49 heavy (non-hydrogen) atoms. The second-order valence-corrected chi connectivity index (χ2v) is 15.1. The summed E-state index contributed by atoms with van der Waals surface area (Å²) in [6.07, 6.45) is 5.70. The molecule has 0 bridgehead atoms. The van der Waals surface area contributed by atoms with E-state index in [9.17, 15) is 30.0 Å². The third-order valence-corrected chi connectivity index (χ3v) is 10.1. The second-order valence-electron chi connectivity index (χ2n) is 15.1. The van der Waals surface area contributed by atoms with Gasteiger partial charge in [0.2, 0.25) is 0 Å². The van der Waals surface area contributed by atoms with Gasteiger partial charge in [0.05, 0.1) is 36.4 Å². The van der Waals surface area contributed by atoms with Gasteiger partial charge >= 0.3 is 12.1 Å². The van der Waals surface area contributed by atoms with Crippen LogP contribution >= 0.6 is 0 Å². The van der Waals surface area contributed by atoms with Gasteiger partial charge in [-0.25, -0.2) is 4.79 Å². The molecule has 0 aliphatic carbocycles. The number of epoxide rings is 1. The van der Waals surface area contributed by atoms with E-state index in [0.29, 0.717) is 31.5 Å². The smallest absolute Gasteiger partial charge is 0.410 e. The average molecular weight is 694 g/mol. The summed E-state index contributed by atoms with van der Waals surface area (Å²) >= 11 is 0. The van der Waals surface area contributed by atoms with Crippen molar-refractivity contribution < 1.29 is 44.2 Å². The van der Waals surface area contributed by atoms with Crippen LogP contribution in [0.1, 0.15) is 73.6 Å². The molecule has 0 aromatic rings. The molecule has 280 valence electrons. The maximum Gasteiger partial charge on any atom is 0.410 e. The molecule has 12 heteroatoms. The lowest BCUT2D eigenvalue weighted by molar-refractivity contribution is -0.151. The van der Waals surface area contributed by atoms with E-state index in [1.54, 1.807) is 49.1 Å². The summed E-state index contributed by atoms with van der Waals surface area (Å²) in [4.78, 5) is 32.2. The highest BCUT2D eigenvalue weighted by molar-refractivity contribution is 5.70. The Hall–Kier alpha value is -2.32. The zero-order chi connectivity index (χ0) is 36.5. The molecule has 3 aliphatic heterocycles. The fourth-order valence-corrected chi connectivity index (χ4v) is 6.48. The van der Waals surface area contributed by atoms with Gasteiger partial charge in [0.1, 0.15) is 11.7 Å². The normalized spacial score (nSPS) is 34.0. The number of aliphatic hydroxyl groups is 4. The summed E-state index contributed by atoms with van der Waals surface area (Å²) in [7, 11) is 4.07. The Morgan fingerprint density at radius 2 is 1.92 bits per heavy atom. The Morgan fingerprint density at radius 3 is 2.55 bits per heavy atom. The number of cyclic esters (lactones) is 1. The van der Waals surface area contributed by atoms with Crippen molar-refractivity contribution in [3.63, 3.8) is 0 Å². The van der Waals surface area contributed by atoms with Crippen molar-refractivity contribution in [1.82, 2.24) is 14.7 Å². The highest BCUT2D eigenvalue weighted by Crippen LogP contribution is 2.37. The highest BCUT2D eigenvalue weighted by Gasteiger charge is 2.47. The van der Waals surface area contributed by atoms with Gasteiger partial charge in [0, 0.05) is 57.5 Å². The van der Waals surface area contributed by atoms with Crippen molar-refractivity contribution in [3.05, 3.63) is 36.0 Å². The van der Waals surface area contributed by atoms with E-state index in [0.717, 1.165) is 26.2 Å². The van der Waals surface area contributed by atoms with Crippen LogP contribution in [-0.2, 0) is 19.0 Å². The molecule has 2 fully saturated rings.